The van der Waals surface area contributed by atoms with Crippen LogP contribution in [-0.2, 0) is 19.1 Å². The Balaban J connectivity index is 2.08. The topological polar surface area (TPSA) is 77.8 Å². The fourth-order valence-corrected chi connectivity index (χ4v) is 4.07. The Kier molecular flexibility index (Phi) is 8.73. The molecule has 0 spiro atoms. The maximum absolute atomic E-state index is 13.2. The summed E-state index contributed by atoms with van der Waals surface area (Å²) in [6.45, 7) is 11.9. The first-order valence-electron chi connectivity index (χ1n) is 11.6. The van der Waals surface area contributed by atoms with Crippen molar-refractivity contribution in [2.75, 3.05) is 13.2 Å². The van der Waals surface area contributed by atoms with Crippen LogP contribution in [0.5, 0.6) is 0 Å². The molecule has 0 atom stereocenters. The molecule has 8 heteroatoms. The Bertz CT molecular complexity index is 1130. The van der Waals surface area contributed by atoms with Gasteiger partial charge in [0, 0.05) is 17.0 Å². The van der Waals surface area contributed by atoms with E-state index in [1.807, 2.05) is 27.7 Å². The highest BCUT2D eigenvalue weighted by molar-refractivity contribution is 6.42. The SMILES string of the molecule is CC1=C(C(=O)OCC(C)C)C(c2ccc(-c3ccc(Cl)c(Cl)c3)o2)C(C(=O)OCC(C)C)=C(C)N1. The second-order valence-corrected chi connectivity index (χ2v) is 10.3. The van der Waals surface area contributed by atoms with Crippen molar-refractivity contribution in [3.05, 3.63) is 68.7 Å². The molecule has 1 aliphatic rings. The summed E-state index contributed by atoms with van der Waals surface area (Å²) in [5.74, 6) is -0.561. The van der Waals surface area contributed by atoms with Crippen LogP contribution in [0.3, 0.4) is 0 Å². The van der Waals surface area contributed by atoms with Crippen LogP contribution < -0.4 is 5.32 Å². The lowest BCUT2D eigenvalue weighted by molar-refractivity contribution is -0.141. The summed E-state index contributed by atoms with van der Waals surface area (Å²) in [7, 11) is 0. The predicted molar refractivity (Wildman–Crippen MR) is 137 cm³/mol. The van der Waals surface area contributed by atoms with Crippen LogP contribution in [0.4, 0.5) is 0 Å². The molecule has 188 valence electrons. The molecular weight excluding hydrogens is 489 g/mol. The van der Waals surface area contributed by atoms with Gasteiger partial charge in [0.05, 0.1) is 40.3 Å². The van der Waals surface area contributed by atoms with Crippen LogP contribution in [0.15, 0.2) is 57.3 Å². The van der Waals surface area contributed by atoms with Crippen molar-refractivity contribution in [2.45, 2.75) is 47.5 Å². The second kappa shape index (κ2) is 11.4. The van der Waals surface area contributed by atoms with Gasteiger partial charge < -0.3 is 19.2 Å². The third-order valence-corrected chi connectivity index (χ3v) is 6.15. The largest absolute Gasteiger partial charge is 0.462 e. The summed E-state index contributed by atoms with van der Waals surface area (Å²) >= 11 is 12.2. The van der Waals surface area contributed by atoms with E-state index >= 15 is 0 Å². The van der Waals surface area contributed by atoms with E-state index in [-0.39, 0.29) is 25.0 Å². The molecule has 1 aliphatic heterocycles. The molecule has 6 nitrogen and oxygen atoms in total. The fourth-order valence-electron chi connectivity index (χ4n) is 3.77. The molecule has 0 unspecified atom stereocenters. The fraction of sp³-hybridized carbons (Fsp3) is 0.407. The smallest absolute Gasteiger partial charge is 0.336 e. The molecule has 1 N–H and O–H groups in total. The van der Waals surface area contributed by atoms with E-state index < -0.39 is 17.9 Å². The minimum absolute atomic E-state index is 0.160. The van der Waals surface area contributed by atoms with Gasteiger partial charge in [-0.25, -0.2) is 9.59 Å². The molecule has 0 radical (unpaired) electrons. The Labute approximate surface area is 216 Å². The highest BCUT2D eigenvalue weighted by Crippen LogP contribution is 2.41. The number of dihydropyridines is 1. The van der Waals surface area contributed by atoms with Crippen LogP contribution in [0.2, 0.25) is 10.0 Å². The van der Waals surface area contributed by atoms with Gasteiger partial charge in [-0.15, -0.1) is 0 Å². The van der Waals surface area contributed by atoms with Crippen molar-refractivity contribution in [2.24, 2.45) is 11.8 Å². The third kappa shape index (κ3) is 6.30. The molecule has 2 aromatic rings. The number of allylic oxidation sites excluding steroid dienone is 2. The number of carbonyl (C=O) groups is 2. The zero-order valence-corrected chi connectivity index (χ0v) is 22.3. The van der Waals surface area contributed by atoms with Crippen molar-refractivity contribution in [3.8, 4) is 11.3 Å². The molecule has 0 fully saturated rings. The van der Waals surface area contributed by atoms with E-state index in [4.69, 9.17) is 37.1 Å². The van der Waals surface area contributed by atoms with Gasteiger partial charge in [-0.1, -0.05) is 50.9 Å². The van der Waals surface area contributed by atoms with Gasteiger partial charge in [-0.3, -0.25) is 0 Å². The molecule has 0 saturated carbocycles. The maximum atomic E-state index is 13.2. The van der Waals surface area contributed by atoms with Crippen molar-refractivity contribution < 1.29 is 23.5 Å². The number of esters is 2. The number of hydrogen-bond donors (Lipinski definition) is 1. The zero-order chi connectivity index (χ0) is 25.9. The number of ether oxygens (including phenoxy) is 2. The summed E-state index contributed by atoms with van der Waals surface area (Å²) < 4.78 is 17.3. The highest BCUT2D eigenvalue weighted by Gasteiger charge is 2.40. The minimum atomic E-state index is -0.799. The molecule has 1 aromatic carbocycles. The van der Waals surface area contributed by atoms with Gasteiger partial charge >= 0.3 is 11.9 Å². The van der Waals surface area contributed by atoms with E-state index in [2.05, 4.69) is 5.32 Å². The lowest BCUT2D eigenvalue weighted by atomic mass is 9.83. The van der Waals surface area contributed by atoms with Crippen LogP contribution in [0, 0.1) is 11.8 Å². The number of nitrogens with one attached hydrogen (secondary N) is 1. The minimum Gasteiger partial charge on any atom is -0.462 e. The summed E-state index contributed by atoms with van der Waals surface area (Å²) in [6, 6.07) is 8.70. The van der Waals surface area contributed by atoms with Crippen molar-refractivity contribution >= 4 is 35.1 Å². The van der Waals surface area contributed by atoms with Gasteiger partial charge in [0.2, 0.25) is 0 Å². The first kappa shape index (κ1) is 26.9. The number of rotatable bonds is 8. The van der Waals surface area contributed by atoms with E-state index in [1.54, 1.807) is 44.2 Å². The Morgan fingerprint density at radius 1 is 0.886 bits per heavy atom. The van der Waals surface area contributed by atoms with Crippen molar-refractivity contribution in [3.63, 3.8) is 0 Å². The van der Waals surface area contributed by atoms with Gasteiger partial charge in [0.25, 0.3) is 0 Å². The monoisotopic (exact) mass is 519 g/mol. The first-order valence-corrected chi connectivity index (χ1v) is 12.3. The maximum Gasteiger partial charge on any atom is 0.336 e. The predicted octanol–water partition coefficient (Wildman–Crippen LogP) is 6.89. The number of benzene rings is 1. The summed E-state index contributed by atoms with van der Waals surface area (Å²) in [6.07, 6.45) is 0. The van der Waals surface area contributed by atoms with Gasteiger partial charge in [0.1, 0.15) is 11.5 Å². The lowest BCUT2D eigenvalue weighted by Crippen LogP contribution is -2.33. The molecular formula is C27H31Cl2NO5. The molecule has 35 heavy (non-hydrogen) atoms. The molecule has 0 aliphatic carbocycles. The van der Waals surface area contributed by atoms with Crippen molar-refractivity contribution in [1.29, 1.82) is 0 Å². The van der Waals surface area contributed by atoms with Crippen LogP contribution in [0.25, 0.3) is 11.3 Å². The molecule has 2 heterocycles. The van der Waals surface area contributed by atoms with Crippen LogP contribution >= 0.6 is 23.2 Å². The summed E-state index contributed by atoms with van der Waals surface area (Å²) in [5, 5.41) is 3.98. The first-order chi connectivity index (χ1) is 16.5. The Morgan fingerprint density at radius 3 is 1.91 bits per heavy atom. The van der Waals surface area contributed by atoms with Crippen LogP contribution in [0.1, 0.15) is 53.2 Å². The summed E-state index contributed by atoms with van der Waals surface area (Å²) in [5.41, 5.74) is 2.52. The van der Waals surface area contributed by atoms with Crippen molar-refractivity contribution in [1.82, 2.24) is 5.32 Å². The molecule has 3 rings (SSSR count). The van der Waals surface area contributed by atoms with Gasteiger partial charge in [-0.05, 0) is 56.0 Å². The lowest BCUT2D eigenvalue weighted by Gasteiger charge is -2.29. The van der Waals surface area contributed by atoms with Gasteiger partial charge in [-0.2, -0.15) is 0 Å². The molecule has 0 bridgehead atoms. The number of furan rings is 1. The van der Waals surface area contributed by atoms with E-state index in [0.717, 1.165) is 0 Å². The number of halogens is 2. The normalized spacial score (nSPS) is 14.6. The number of hydrogen-bond acceptors (Lipinski definition) is 6. The standard InChI is InChI=1S/C27H31Cl2NO5/c1-14(2)12-33-26(31)23-16(5)30-17(6)24(27(32)34-13-15(3)4)25(23)22-10-9-21(35-22)18-7-8-19(28)20(29)11-18/h7-11,14-15,25,30H,12-13H2,1-6H3. The zero-order valence-electron chi connectivity index (χ0n) is 20.8. The Hall–Kier alpha value is -2.70. The second-order valence-electron chi connectivity index (χ2n) is 9.45. The molecule has 1 aromatic heterocycles. The quantitative estimate of drug-likeness (QED) is 0.382. The average Bonchev–Trinajstić information content (AvgIpc) is 3.27. The summed E-state index contributed by atoms with van der Waals surface area (Å²) in [4.78, 5) is 26.5. The molecule has 0 saturated heterocycles. The molecule has 0 amide bonds. The van der Waals surface area contributed by atoms with Crippen LogP contribution in [-0.4, -0.2) is 25.2 Å². The van der Waals surface area contributed by atoms with Gasteiger partial charge in [0.15, 0.2) is 0 Å². The highest BCUT2D eigenvalue weighted by atomic mass is 35.5. The van der Waals surface area contributed by atoms with E-state index in [9.17, 15) is 9.59 Å². The Morgan fingerprint density at radius 2 is 1.43 bits per heavy atom. The average molecular weight is 520 g/mol. The number of carbonyl (C=O) groups excluding carboxylic acids is 2. The van der Waals surface area contributed by atoms with E-state index in [1.165, 1.54) is 0 Å². The third-order valence-electron chi connectivity index (χ3n) is 5.41. The van der Waals surface area contributed by atoms with E-state index in [0.29, 0.717) is 49.7 Å².